The van der Waals surface area contributed by atoms with E-state index in [1.807, 2.05) is 18.2 Å². The number of carbonyl (C=O) groups excluding carboxylic acids is 1. The maximum atomic E-state index is 12.2. The fraction of sp³-hybridized carbons (Fsp3) is 0.348. The number of fused-ring (bicyclic) bond motifs is 1. The Bertz CT molecular complexity index is 1070. The molecule has 1 saturated heterocycles. The van der Waals surface area contributed by atoms with Crippen molar-refractivity contribution in [2.75, 3.05) is 23.9 Å². The van der Waals surface area contributed by atoms with Crippen LogP contribution in [0, 0.1) is 5.92 Å². The Hall–Kier alpha value is -3.35. The number of anilines is 2. The normalized spacial score (nSPS) is 17.3. The predicted octanol–water partition coefficient (Wildman–Crippen LogP) is 4.79. The fourth-order valence-electron chi connectivity index (χ4n) is 3.66. The van der Waals surface area contributed by atoms with Crippen molar-refractivity contribution in [3.05, 3.63) is 54.2 Å². The van der Waals surface area contributed by atoms with Crippen LogP contribution in [0.25, 0.3) is 10.8 Å². The van der Waals surface area contributed by atoms with Gasteiger partial charge in [0.05, 0.1) is 19.2 Å². The van der Waals surface area contributed by atoms with Crippen LogP contribution in [0.15, 0.2) is 48.7 Å². The van der Waals surface area contributed by atoms with Crippen molar-refractivity contribution in [3.8, 4) is 5.75 Å². The number of hydrogen-bond donors (Lipinski definition) is 1. The molecule has 7 nitrogen and oxygen atoms in total. The molecule has 1 amide bonds. The molecular formula is C23H26N4O3. The molecule has 7 heteroatoms. The van der Waals surface area contributed by atoms with Crippen LogP contribution in [0.3, 0.4) is 0 Å². The summed E-state index contributed by atoms with van der Waals surface area (Å²) in [4.78, 5) is 22.8. The van der Waals surface area contributed by atoms with Gasteiger partial charge < -0.3 is 14.8 Å². The molecule has 156 valence electrons. The van der Waals surface area contributed by atoms with E-state index < -0.39 is 0 Å². The zero-order chi connectivity index (χ0) is 21.3. The number of hydrogen-bond acceptors (Lipinski definition) is 6. The number of aromatic nitrogens is 2. The van der Waals surface area contributed by atoms with Gasteiger partial charge in [-0.1, -0.05) is 32.0 Å². The van der Waals surface area contributed by atoms with E-state index in [0.29, 0.717) is 18.4 Å². The van der Waals surface area contributed by atoms with Crippen molar-refractivity contribution >= 4 is 28.6 Å². The predicted molar refractivity (Wildman–Crippen MR) is 117 cm³/mol. The molecule has 1 N–H and O–H groups in total. The molecule has 2 atom stereocenters. The molecular weight excluding hydrogens is 380 g/mol. The van der Waals surface area contributed by atoms with Gasteiger partial charge in [-0.3, -0.25) is 4.90 Å². The Morgan fingerprint density at radius 3 is 2.67 bits per heavy atom. The molecule has 0 radical (unpaired) electrons. The first kappa shape index (κ1) is 19.9. The van der Waals surface area contributed by atoms with Crippen molar-refractivity contribution < 1.29 is 14.3 Å². The van der Waals surface area contributed by atoms with Crippen LogP contribution in [-0.2, 0) is 4.74 Å². The molecule has 1 fully saturated rings. The van der Waals surface area contributed by atoms with E-state index in [9.17, 15) is 4.79 Å². The van der Waals surface area contributed by atoms with Gasteiger partial charge in [0.15, 0.2) is 0 Å². The fourth-order valence-corrected chi connectivity index (χ4v) is 3.66. The number of benzene rings is 2. The molecule has 0 bridgehead atoms. The molecule has 30 heavy (non-hydrogen) atoms. The number of carbonyl (C=O) groups is 1. The number of cyclic esters (lactones) is 1. The molecule has 2 heterocycles. The number of amides is 1. The van der Waals surface area contributed by atoms with Crippen LogP contribution in [0.5, 0.6) is 5.75 Å². The second-order valence-corrected chi connectivity index (χ2v) is 7.84. The molecule has 3 aromatic rings. The highest BCUT2D eigenvalue weighted by molar-refractivity contribution is 5.89. The van der Waals surface area contributed by atoms with E-state index in [1.165, 1.54) is 0 Å². The van der Waals surface area contributed by atoms with Gasteiger partial charge >= 0.3 is 6.09 Å². The molecule has 0 saturated carbocycles. The maximum Gasteiger partial charge on any atom is 0.415 e. The highest BCUT2D eigenvalue weighted by atomic mass is 16.6. The zero-order valence-corrected chi connectivity index (χ0v) is 17.6. The largest absolute Gasteiger partial charge is 0.497 e. The second-order valence-electron chi connectivity index (χ2n) is 7.84. The van der Waals surface area contributed by atoms with Crippen LogP contribution in [0.4, 0.5) is 16.6 Å². The van der Waals surface area contributed by atoms with Gasteiger partial charge in [0.2, 0.25) is 5.95 Å². The standard InChI is InChI=1S/C23H26N4O3/c1-14(2)20-13-30-23(28)27(20)21-9-10-24-22(26-21)25-15(3)16-5-6-18-12-19(29-4)8-7-17(18)11-16/h5-12,14-15,20H,13H2,1-4H3,(H,24,25,26)/t15-,20?/m0/s1. The Kier molecular flexibility index (Phi) is 5.44. The monoisotopic (exact) mass is 406 g/mol. The Labute approximate surface area is 176 Å². The van der Waals surface area contributed by atoms with E-state index in [1.54, 1.807) is 24.3 Å². The van der Waals surface area contributed by atoms with Crippen molar-refractivity contribution in [2.45, 2.75) is 32.9 Å². The van der Waals surface area contributed by atoms with Gasteiger partial charge in [-0.25, -0.2) is 9.78 Å². The second kappa shape index (κ2) is 8.18. The summed E-state index contributed by atoms with van der Waals surface area (Å²) in [5.41, 5.74) is 1.11. The molecule has 1 aliphatic heterocycles. The van der Waals surface area contributed by atoms with Gasteiger partial charge in [-0.05, 0) is 53.4 Å². The third-order valence-corrected chi connectivity index (χ3v) is 5.48. The van der Waals surface area contributed by atoms with E-state index in [2.05, 4.69) is 54.3 Å². The zero-order valence-electron chi connectivity index (χ0n) is 17.6. The summed E-state index contributed by atoms with van der Waals surface area (Å²) in [5.74, 6) is 2.12. The molecule has 2 aromatic carbocycles. The van der Waals surface area contributed by atoms with E-state index in [4.69, 9.17) is 9.47 Å². The topological polar surface area (TPSA) is 76.6 Å². The Balaban J connectivity index is 1.55. The van der Waals surface area contributed by atoms with E-state index in [-0.39, 0.29) is 24.1 Å². The van der Waals surface area contributed by atoms with Crippen LogP contribution < -0.4 is 15.0 Å². The summed E-state index contributed by atoms with van der Waals surface area (Å²) >= 11 is 0. The first-order chi connectivity index (χ1) is 14.5. The minimum absolute atomic E-state index is 0.0156. The molecule has 1 aliphatic rings. The van der Waals surface area contributed by atoms with Gasteiger partial charge in [-0.2, -0.15) is 4.98 Å². The van der Waals surface area contributed by atoms with Gasteiger partial charge in [0.1, 0.15) is 18.2 Å². The number of nitrogens with one attached hydrogen (secondary N) is 1. The summed E-state index contributed by atoms with van der Waals surface area (Å²) in [6.07, 6.45) is 1.30. The van der Waals surface area contributed by atoms with Crippen molar-refractivity contribution in [1.82, 2.24) is 9.97 Å². The van der Waals surface area contributed by atoms with Gasteiger partial charge in [-0.15, -0.1) is 0 Å². The molecule has 0 aliphatic carbocycles. The number of nitrogens with zero attached hydrogens (tertiary/aromatic N) is 3. The quantitative estimate of drug-likeness (QED) is 0.634. The molecule has 1 unspecified atom stereocenters. The molecule has 0 spiro atoms. The lowest BCUT2D eigenvalue weighted by molar-refractivity contribution is 0.177. The molecule has 1 aromatic heterocycles. The first-order valence-corrected chi connectivity index (χ1v) is 10.1. The first-order valence-electron chi connectivity index (χ1n) is 10.1. The number of methoxy groups -OCH3 is 1. The lowest BCUT2D eigenvalue weighted by atomic mass is 10.0. The Morgan fingerprint density at radius 2 is 1.90 bits per heavy atom. The smallest absolute Gasteiger partial charge is 0.415 e. The van der Waals surface area contributed by atoms with E-state index in [0.717, 1.165) is 22.1 Å². The van der Waals surface area contributed by atoms with E-state index >= 15 is 0 Å². The summed E-state index contributed by atoms with van der Waals surface area (Å²) < 4.78 is 10.5. The lowest BCUT2D eigenvalue weighted by Crippen LogP contribution is -2.37. The summed E-state index contributed by atoms with van der Waals surface area (Å²) in [6.45, 7) is 6.57. The van der Waals surface area contributed by atoms with Crippen LogP contribution in [0.2, 0.25) is 0 Å². The number of rotatable bonds is 6. The van der Waals surface area contributed by atoms with Crippen molar-refractivity contribution in [1.29, 1.82) is 0 Å². The maximum absolute atomic E-state index is 12.2. The average molecular weight is 406 g/mol. The minimum atomic E-state index is -0.364. The summed E-state index contributed by atoms with van der Waals surface area (Å²) in [6, 6.07) is 14.0. The lowest BCUT2D eigenvalue weighted by Gasteiger charge is -2.23. The third kappa shape index (κ3) is 3.87. The van der Waals surface area contributed by atoms with Crippen molar-refractivity contribution in [2.24, 2.45) is 5.92 Å². The van der Waals surface area contributed by atoms with Crippen LogP contribution in [-0.4, -0.2) is 35.8 Å². The molecule has 4 rings (SSSR count). The summed E-state index contributed by atoms with van der Waals surface area (Å²) in [7, 11) is 1.67. The van der Waals surface area contributed by atoms with Gasteiger partial charge in [0, 0.05) is 6.20 Å². The third-order valence-electron chi connectivity index (χ3n) is 5.48. The average Bonchev–Trinajstić information content (AvgIpc) is 3.15. The summed E-state index contributed by atoms with van der Waals surface area (Å²) in [5, 5.41) is 5.60. The van der Waals surface area contributed by atoms with Crippen molar-refractivity contribution in [3.63, 3.8) is 0 Å². The highest BCUT2D eigenvalue weighted by Gasteiger charge is 2.37. The SMILES string of the molecule is COc1ccc2cc([C@H](C)Nc3nccc(N4C(=O)OCC4C(C)C)n3)ccc2c1. The highest BCUT2D eigenvalue weighted by Crippen LogP contribution is 2.28. The van der Waals surface area contributed by atoms with Crippen LogP contribution >= 0.6 is 0 Å². The minimum Gasteiger partial charge on any atom is -0.497 e. The Morgan fingerprint density at radius 1 is 1.13 bits per heavy atom. The number of ether oxygens (including phenoxy) is 2. The van der Waals surface area contributed by atoms with Crippen LogP contribution in [0.1, 0.15) is 32.4 Å². The van der Waals surface area contributed by atoms with Gasteiger partial charge in [0.25, 0.3) is 0 Å².